The molecule has 0 heterocycles. The summed E-state index contributed by atoms with van der Waals surface area (Å²) in [6.07, 6.45) is 3.91. The molecule has 1 aromatic carbocycles. The zero-order valence-electron chi connectivity index (χ0n) is 12.3. The number of nitrogens with zero attached hydrogens (tertiary/aromatic N) is 1. The van der Waals surface area contributed by atoms with Crippen molar-refractivity contribution in [2.75, 3.05) is 6.61 Å². The summed E-state index contributed by atoms with van der Waals surface area (Å²) in [6.45, 7) is 4.29. The number of esters is 1. The lowest BCUT2D eigenvalue weighted by atomic mass is 10.0. The lowest BCUT2D eigenvalue weighted by Gasteiger charge is -2.14. The fourth-order valence-corrected chi connectivity index (χ4v) is 1.95. The summed E-state index contributed by atoms with van der Waals surface area (Å²) in [5.74, 6) is -1.44. The average molecular weight is 297 g/mol. The third-order valence-corrected chi connectivity index (χ3v) is 3.37. The van der Waals surface area contributed by atoms with Gasteiger partial charge in [-0.25, -0.2) is 9.18 Å². The van der Waals surface area contributed by atoms with Gasteiger partial charge in [-0.1, -0.05) is 33.1 Å². The lowest BCUT2D eigenvalue weighted by molar-refractivity contribution is -0.384. The molecule has 116 valence electrons. The highest BCUT2D eigenvalue weighted by molar-refractivity contribution is 5.90. The number of carbonyl (C=O) groups excluding carboxylic acids is 1. The molecule has 0 amide bonds. The molecule has 6 heteroatoms. The molecule has 1 aromatic rings. The van der Waals surface area contributed by atoms with Crippen molar-refractivity contribution in [2.24, 2.45) is 5.92 Å². The van der Waals surface area contributed by atoms with Crippen molar-refractivity contribution in [3.63, 3.8) is 0 Å². The Labute approximate surface area is 123 Å². The highest BCUT2D eigenvalue weighted by Crippen LogP contribution is 2.19. The minimum absolute atomic E-state index is 0.206. The van der Waals surface area contributed by atoms with E-state index in [1.54, 1.807) is 0 Å². The van der Waals surface area contributed by atoms with Crippen LogP contribution in [0.4, 0.5) is 10.1 Å². The third-order valence-electron chi connectivity index (χ3n) is 3.37. The molecule has 0 aliphatic heterocycles. The number of ether oxygens (including phenoxy) is 1. The Kier molecular flexibility index (Phi) is 6.78. The van der Waals surface area contributed by atoms with Crippen molar-refractivity contribution < 1.29 is 18.8 Å². The molecule has 0 saturated carbocycles. The van der Waals surface area contributed by atoms with Gasteiger partial charge in [0, 0.05) is 12.1 Å². The molecular formula is C15H20FNO4. The zero-order valence-corrected chi connectivity index (χ0v) is 12.3. The predicted octanol–water partition coefficient (Wildman–Crippen LogP) is 4.11. The van der Waals surface area contributed by atoms with Crippen LogP contribution in [-0.2, 0) is 4.74 Å². The number of nitro benzene ring substituents is 1. The number of hydrogen-bond acceptors (Lipinski definition) is 4. The Morgan fingerprint density at radius 2 is 2.14 bits per heavy atom. The maximum Gasteiger partial charge on any atom is 0.341 e. The van der Waals surface area contributed by atoms with E-state index in [9.17, 15) is 19.3 Å². The van der Waals surface area contributed by atoms with Crippen LogP contribution in [-0.4, -0.2) is 17.5 Å². The molecule has 0 bridgehead atoms. The van der Waals surface area contributed by atoms with Gasteiger partial charge in [-0.3, -0.25) is 10.1 Å². The molecule has 1 unspecified atom stereocenters. The van der Waals surface area contributed by atoms with E-state index in [1.165, 1.54) is 0 Å². The number of non-ortho nitro benzene ring substituents is 1. The summed E-state index contributed by atoms with van der Waals surface area (Å²) in [7, 11) is 0. The normalized spacial score (nSPS) is 12.0. The lowest BCUT2D eigenvalue weighted by Crippen LogP contribution is -2.15. The van der Waals surface area contributed by atoms with Gasteiger partial charge in [-0.05, 0) is 18.4 Å². The second kappa shape index (κ2) is 8.34. The van der Waals surface area contributed by atoms with Gasteiger partial charge in [0.25, 0.3) is 5.69 Å². The van der Waals surface area contributed by atoms with Crippen LogP contribution in [0.15, 0.2) is 18.2 Å². The van der Waals surface area contributed by atoms with Crippen LogP contribution in [0.3, 0.4) is 0 Å². The molecule has 0 aromatic heterocycles. The Morgan fingerprint density at radius 1 is 1.43 bits per heavy atom. The largest absolute Gasteiger partial charge is 0.462 e. The summed E-state index contributed by atoms with van der Waals surface area (Å²) in [4.78, 5) is 21.8. The van der Waals surface area contributed by atoms with Gasteiger partial charge in [-0.2, -0.15) is 0 Å². The second-order valence-corrected chi connectivity index (χ2v) is 4.94. The molecule has 0 aliphatic rings. The first-order chi connectivity index (χ1) is 9.99. The molecule has 1 rings (SSSR count). The standard InChI is InChI=1S/C15H20FNO4/c1-3-5-6-11(4-2)10-21-15(18)13-9-12(17(19)20)7-8-14(13)16/h7-9,11H,3-6,10H2,1-2H3. The summed E-state index contributed by atoms with van der Waals surface area (Å²) >= 11 is 0. The van der Waals surface area contributed by atoms with Crippen molar-refractivity contribution in [3.8, 4) is 0 Å². The third kappa shape index (κ3) is 5.13. The summed E-state index contributed by atoms with van der Waals surface area (Å²) in [5, 5.41) is 10.6. The molecule has 0 radical (unpaired) electrons. The average Bonchev–Trinajstić information content (AvgIpc) is 2.47. The van der Waals surface area contributed by atoms with E-state index in [2.05, 4.69) is 6.92 Å². The van der Waals surface area contributed by atoms with Crippen molar-refractivity contribution >= 4 is 11.7 Å². The second-order valence-electron chi connectivity index (χ2n) is 4.94. The van der Waals surface area contributed by atoms with E-state index in [4.69, 9.17) is 4.74 Å². The first kappa shape index (κ1) is 17.1. The number of halogens is 1. The number of rotatable bonds is 8. The van der Waals surface area contributed by atoms with E-state index in [0.29, 0.717) is 0 Å². The first-order valence-electron chi connectivity index (χ1n) is 7.10. The van der Waals surface area contributed by atoms with Gasteiger partial charge in [0.15, 0.2) is 0 Å². The van der Waals surface area contributed by atoms with Gasteiger partial charge < -0.3 is 4.74 Å². The Bertz CT molecular complexity index is 504. The molecular weight excluding hydrogens is 277 g/mol. The Hall–Kier alpha value is -1.98. The zero-order chi connectivity index (χ0) is 15.8. The van der Waals surface area contributed by atoms with Crippen LogP contribution in [0.2, 0.25) is 0 Å². The number of unbranched alkanes of at least 4 members (excludes halogenated alkanes) is 1. The van der Waals surface area contributed by atoms with Crippen molar-refractivity contribution in [2.45, 2.75) is 39.5 Å². The van der Waals surface area contributed by atoms with Crippen LogP contribution in [0.5, 0.6) is 0 Å². The fraction of sp³-hybridized carbons (Fsp3) is 0.533. The van der Waals surface area contributed by atoms with Crippen molar-refractivity contribution in [1.29, 1.82) is 0 Å². The van der Waals surface area contributed by atoms with E-state index >= 15 is 0 Å². The molecule has 0 spiro atoms. The Balaban J connectivity index is 2.70. The predicted molar refractivity (Wildman–Crippen MR) is 76.6 cm³/mol. The van der Waals surface area contributed by atoms with Crippen LogP contribution in [0.1, 0.15) is 49.9 Å². The van der Waals surface area contributed by atoms with Crippen LogP contribution in [0, 0.1) is 21.8 Å². The Morgan fingerprint density at radius 3 is 2.71 bits per heavy atom. The van der Waals surface area contributed by atoms with Gasteiger partial charge in [0.2, 0.25) is 0 Å². The van der Waals surface area contributed by atoms with Crippen LogP contribution in [0.25, 0.3) is 0 Å². The highest BCUT2D eigenvalue weighted by atomic mass is 19.1. The van der Waals surface area contributed by atoms with Crippen LogP contribution < -0.4 is 0 Å². The first-order valence-corrected chi connectivity index (χ1v) is 7.10. The van der Waals surface area contributed by atoms with Gasteiger partial charge in [0.1, 0.15) is 11.4 Å². The molecule has 0 aliphatic carbocycles. The number of benzene rings is 1. The van der Waals surface area contributed by atoms with E-state index in [-0.39, 0.29) is 18.2 Å². The fourth-order valence-electron chi connectivity index (χ4n) is 1.95. The molecule has 0 fully saturated rings. The van der Waals surface area contributed by atoms with Crippen molar-refractivity contribution in [1.82, 2.24) is 0 Å². The van der Waals surface area contributed by atoms with Crippen LogP contribution >= 0.6 is 0 Å². The van der Waals surface area contributed by atoms with Crippen molar-refractivity contribution in [3.05, 3.63) is 39.7 Å². The number of nitro groups is 1. The quantitative estimate of drug-likeness (QED) is 0.411. The van der Waals surface area contributed by atoms with Gasteiger partial charge in [-0.15, -0.1) is 0 Å². The molecule has 0 saturated heterocycles. The minimum atomic E-state index is -0.855. The molecule has 1 atom stereocenters. The SMILES string of the molecule is CCCCC(CC)COC(=O)c1cc([N+](=O)[O-])ccc1F. The summed E-state index contributed by atoms with van der Waals surface area (Å²) < 4.78 is 18.7. The van der Waals surface area contributed by atoms with Gasteiger partial charge in [0.05, 0.1) is 11.5 Å². The number of hydrogen-bond donors (Lipinski definition) is 0. The maximum absolute atomic E-state index is 13.6. The van der Waals surface area contributed by atoms with E-state index in [0.717, 1.165) is 43.9 Å². The monoisotopic (exact) mass is 297 g/mol. The van der Waals surface area contributed by atoms with E-state index < -0.39 is 22.3 Å². The molecule has 0 N–H and O–H groups in total. The maximum atomic E-state index is 13.6. The van der Waals surface area contributed by atoms with Gasteiger partial charge >= 0.3 is 5.97 Å². The summed E-state index contributed by atoms with van der Waals surface area (Å²) in [6, 6.07) is 2.83. The number of carbonyl (C=O) groups is 1. The molecule has 21 heavy (non-hydrogen) atoms. The summed E-state index contributed by atoms with van der Waals surface area (Å²) in [5.41, 5.74) is -0.726. The van der Waals surface area contributed by atoms with E-state index in [1.807, 2.05) is 6.92 Å². The minimum Gasteiger partial charge on any atom is -0.462 e. The molecule has 5 nitrogen and oxygen atoms in total. The topological polar surface area (TPSA) is 69.4 Å². The highest BCUT2D eigenvalue weighted by Gasteiger charge is 2.19. The smallest absolute Gasteiger partial charge is 0.341 e.